The lowest BCUT2D eigenvalue weighted by molar-refractivity contribution is -0.115. The average Bonchev–Trinajstić information content (AvgIpc) is 3.17. The lowest BCUT2D eigenvalue weighted by Gasteiger charge is -2.08. The molecule has 0 saturated carbocycles. The van der Waals surface area contributed by atoms with Crippen LogP contribution in [0, 0.1) is 0 Å². The molecule has 0 unspecified atom stereocenters. The van der Waals surface area contributed by atoms with Gasteiger partial charge in [-0.1, -0.05) is 42.5 Å². The number of rotatable bonds is 6. The van der Waals surface area contributed by atoms with Gasteiger partial charge in [0.2, 0.25) is 11.3 Å². The number of hydrogen-bond donors (Lipinski definition) is 1. The normalized spacial score (nSPS) is 10.7. The van der Waals surface area contributed by atoms with Crippen LogP contribution in [0.4, 0.5) is 5.69 Å². The van der Waals surface area contributed by atoms with Gasteiger partial charge >= 0.3 is 0 Å². The molecule has 0 aliphatic carbocycles. The standard InChI is InChI=1S/C23H21N5O2/c1-27-16-20(15-24-27)28-11-10-22(29)21(26-28)13-18-8-5-9-19(12-18)25-23(30)14-17-6-3-2-4-7-17/h2-12,15-16H,13-14H2,1H3,(H,25,30). The minimum absolute atomic E-state index is 0.0879. The Hall–Kier alpha value is -4.00. The summed E-state index contributed by atoms with van der Waals surface area (Å²) in [7, 11) is 1.82. The Balaban J connectivity index is 1.49. The number of nitrogens with zero attached hydrogens (tertiary/aromatic N) is 4. The van der Waals surface area contributed by atoms with E-state index < -0.39 is 0 Å². The highest BCUT2D eigenvalue weighted by Gasteiger charge is 2.09. The number of nitrogens with one attached hydrogen (secondary N) is 1. The third-order valence-corrected chi connectivity index (χ3v) is 4.63. The zero-order chi connectivity index (χ0) is 20.9. The number of amides is 1. The maximum Gasteiger partial charge on any atom is 0.228 e. The maximum absolute atomic E-state index is 12.3. The van der Waals surface area contributed by atoms with Crippen molar-refractivity contribution < 1.29 is 4.79 Å². The van der Waals surface area contributed by atoms with Crippen LogP contribution >= 0.6 is 0 Å². The minimum Gasteiger partial charge on any atom is -0.326 e. The second-order valence-corrected chi connectivity index (χ2v) is 7.03. The highest BCUT2D eigenvalue weighted by Crippen LogP contribution is 2.14. The van der Waals surface area contributed by atoms with Gasteiger partial charge in [-0.25, -0.2) is 4.68 Å². The van der Waals surface area contributed by atoms with Gasteiger partial charge in [-0.15, -0.1) is 0 Å². The summed E-state index contributed by atoms with van der Waals surface area (Å²) in [5.74, 6) is -0.0879. The Kier molecular flexibility index (Phi) is 5.52. The van der Waals surface area contributed by atoms with Crippen LogP contribution < -0.4 is 10.7 Å². The van der Waals surface area contributed by atoms with Gasteiger partial charge in [-0.3, -0.25) is 14.3 Å². The number of benzene rings is 2. The van der Waals surface area contributed by atoms with E-state index in [1.54, 1.807) is 21.8 Å². The molecule has 0 fully saturated rings. The predicted octanol–water partition coefficient (Wildman–Crippen LogP) is 2.74. The molecule has 2 aromatic heterocycles. The monoisotopic (exact) mass is 399 g/mol. The summed E-state index contributed by atoms with van der Waals surface area (Å²) in [5.41, 5.74) is 3.61. The SMILES string of the molecule is Cn1cc(-n2ccc(=O)c(Cc3cccc(NC(=O)Cc4ccccc4)c3)n2)cn1. The second kappa shape index (κ2) is 8.57. The molecule has 0 aliphatic heterocycles. The topological polar surface area (TPSA) is 81.8 Å². The smallest absolute Gasteiger partial charge is 0.228 e. The molecule has 0 bridgehead atoms. The fourth-order valence-corrected chi connectivity index (χ4v) is 3.18. The van der Waals surface area contributed by atoms with Crippen LogP contribution in [-0.4, -0.2) is 25.5 Å². The molecule has 30 heavy (non-hydrogen) atoms. The third-order valence-electron chi connectivity index (χ3n) is 4.63. The summed E-state index contributed by atoms with van der Waals surface area (Å²) in [6.07, 6.45) is 5.81. The number of aryl methyl sites for hydroxylation is 1. The summed E-state index contributed by atoms with van der Waals surface area (Å²) < 4.78 is 3.31. The van der Waals surface area contributed by atoms with Gasteiger partial charge < -0.3 is 5.32 Å². The van der Waals surface area contributed by atoms with Crippen molar-refractivity contribution in [3.05, 3.63) is 106 Å². The quantitative estimate of drug-likeness (QED) is 0.541. The van der Waals surface area contributed by atoms with E-state index in [4.69, 9.17) is 0 Å². The van der Waals surface area contributed by atoms with E-state index in [2.05, 4.69) is 15.5 Å². The summed E-state index contributed by atoms with van der Waals surface area (Å²) >= 11 is 0. The molecule has 0 aliphatic rings. The largest absolute Gasteiger partial charge is 0.326 e. The van der Waals surface area contributed by atoms with Gasteiger partial charge in [0.1, 0.15) is 11.4 Å². The highest BCUT2D eigenvalue weighted by molar-refractivity contribution is 5.92. The summed E-state index contributed by atoms with van der Waals surface area (Å²) in [4.78, 5) is 24.6. The zero-order valence-corrected chi connectivity index (χ0v) is 16.5. The molecular weight excluding hydrogens is 378 g/mol. The van der Waals surface area contributed by atoms with Crippen molar-refractivity contribution in [3.8, 4) is 5.69 Å². The molecule has 1 N–H and O–H groups in total. The Labute approximate surface area is 173 Å². The van der Waals surface area contributed by atoms with E-state index >= 15 is 0 Å². The van der Waals surface area contributed by atoms with Crippen molar-refractivity contribution in [2.45, 2.75) is 12.8 Å². The lowest BCUT2D eigenvalue weighted by atomic mass is 10.1. The molecule has 7 nitrogen and oxygen atoms in total. The van der Waals surface area contributed by atoms with Crippen LogP contribution in [0.1, 0.15) is 16.8 Å². The first kappa shape index (κ1) is 19.3. The number of carbonyl (C=O) groups excluding carboxylic acids is 1. The molecule has 7 heteroatoms. The van der Waals surface area contributed by atoms with Gasteiger partial charge in [0, 0.05) is 31.4 Å². The van der Waals surface area contributed by atoms with Crippen LogP contribution in [0.3, 0.4) is 0 Å². The zero-order valence-electron chi connectivity index (χ0n) is 16.5. The number of anilines is 1. The molecule has 0 saturated heterocycles. The molecular formula is C23H21N5O2. The molecule has 150 valence electrons. The van der Waals surface area contributed by atoms with Crippen molar-refractivity contribution in [1.29, 1.82) is 0 Å². The molecule has 2 aromatic carbocycles. The van der Waals surface area contributed by atoms with Crippen LogP contribution in [0.15, 0.2) is 84.0 Å². The molecule has 1 amide bonds. The van der Waals surface area contributed by atoms with E-state index in [9.17, 15) is 9.59 Å². The van der Waals surface area contributed by atoms with Gasteiger partial charge in [-0.2, -0.15) is 10.2 Å². The molecule has 4 rings (SSSR count). The van der Waals surface area contributed by atoms with Crippen molar-refractivity contribution >= 4 is 11.6 Å². The van der Waals surface area contributed by atoms with Crippen molar-refractivity contribution in [1.82, 2.24) is 19.6 Å². The number of carbonyl (C=O) groups is 1. The lowest BCUT2D eigenvalue weighted by Crippen LogP contribution is -2.16. The van der Waals surface area contributed by atoms with Crippen LogP contribution in [0.2, 0.25) is 0 Å². The fraction of sp³-hybridized carbons (Fsp3) is 0.130. The molecule has 4 aromatic rings. The van der Waals surface area contributed by atoms with Gasteiger partial charge in [0.05, 0.1) is 18.8 Å². The average molecular weight is 399 g/mol. The molecule has 2 heterocycles. The number of aromatic nitrogens is 4. The molecule has 0 radical (unpaired) electrons. The van der Waals surface area contributed by atoms with E-state index in [1.165, 1.54) is 6.07 Å². The first-order valence-electron chi connectivity index (χ1n) is 9.57. The van der Waals surface area contributed by atoms with Gasteiger partial charge in [-0.05, 0) is 23.3 Å². The first-order valence-corrected chi connectivity index (χ1v) is 9.57. The molecule has 0 spiro atoms. The van der Waals surface area contributed by atoms with Crippen LogP contribution in [-0.2, 0) is 24.7 Å². The fourth-order valence-electron chi connectivity index (χ4n) is 3.18. The number of hydrogen-bond acceptors (Lipinski definition) is 4. The van der Waals surface area contributed by atoms with Crippen LogP contribution in [0.5, 0.6) is 0 Å². The van der Waals surface area contributed by atoms with E-state index in [0.717, 1.165) is 16.8 Å². The van der Waals surface area contributed by atoms with Crippen molar-refractivity contribution in [2.75, 3.05) is 5.32 Å². The summed E-state index contributed by atoms with van der Waals surface area (Å²) in [5, 5.41) is 11.5. The predicted molar refractivity (Wildman–Crippen MR) is 115 cm³/mol. The summed E-state index contributed by atoms with van der Waals surface area (Å²) in [6.45, 7) is 0. The van der Waals surface area contributed by atoms with E-state index in [0.29, 0.717) is 24.2 Å². The van der Waals surface area contributed by atoms with Gasteiger partial charge in [0.25, 0.3) is 0 Å². The summed E-state index contributed by atoms with van der Waals surface area (Å²) in [6, 6.07) is 18.6. The van der Waals surface area contributed by atoms with E-state index in [1.807, 2.05) is 67.8 Å². The Bertz CT molecular complexity index is 1230. The van der Waals surface area contributed by atoms with Gasteiger partial charge in [0.15, 0.2) is 0 Å². The molecule has 0 atom stereocenters. The van der Waals surface area contributed by atoms with Crippen molar-refractivity contribution in [2.24, 2.45) is 7.05 Å². The van der Waals surface area contributed by atoms with E-state index in [-0.39, 0.29) is 11.3 Å². The second-order valence-electron chi connectivity index (χ2n) is 7.03. The van der Waals surface area contributed by atoms with Crippen molar-refractivity contribution in [3.63, 3.8) is 0 Å². The van der Waals surface area contributed by atoms with Crippen LogP contribution in [0.25, 0.3) is 5.69 Å². The maximum atomic E-state index is 12.3. The highest BCUT2D eigenvalue weighted by atomic mass is 16.1. The Morgan fingerprint density at radius 1 is 1.03 bits per heavy atom. The Morgan fingerprint density at radius 2 is 1.83 bits per heavy atom. The first-order chi connectivity index (χ1) is 14.6. The third kappa shape index (κ3) is 4.70. The Morgan fingerprint density at radius 3 is 2.60 bits per heavy atom. The minimum atomic E-state index is -0.131.